The summed E-state index contributed by atoms with van der Waals surface area (Å²) in [6.07, 6.45) is 3.72. The maximum atomic E-state index is 10.9. The third-order valence-electron chi connectivity index (χ3n) is 2.49. The summed E-state index contributed by atoms with van der Waals surface area (Å²) >= 11 is 0. The topological polar surface area (TPSA) is 82.1 Å². The molecule has 2 N–H and O–H groups in total. The molecular formula is C12H14N4O2. The predicted octanol–water partition coefficient (Wildman–Crippen LogP) is 1.45. The second-order valence-corrected chi connectivity index (χ2v) is 4.08. The van der Waals surface area contributed by atoms with Gasteiger partial charge in [0, 0.05) is 31.7 Å². The van der Waals surface area contributed by atoms with Crippen LogP contribution in [0.4, 0.5) is 5.95 Å². The summed E-state index contributed by atoms with van der Waals surface area (Å²) in [4.78, 5) is 24.0. The number of aromatic amines is 1. The maximum Gasteiger partial charge on any atom is 0.354 e. The molecule has 0 unspecified atom stereocenters. The van der Waals surface area contributed by atoms with Crippen LogP contribution in [0.15, 0.2) is 24.5 Å². The Morgan fingerprint density at radius 3 is 2.89 bits per heavy atom. The number of H-pyrrole nitrogens is 1. The van der Waals surface area contributed by atoms with Crippen LogP contribution in [0, 0.1) is 6.92 Å². The van der Waals surface area contributed by atoms with Gasteiger partial charge in [0.15, 0.2) is 5.69 Å². The number of aryl methyl sites for hydroxylation is 1. The zero-order valence-corrected chi connectivity index (χ0v) is 10.2. The van der Waals surface area contributed by atoms with Crippen molar-refractivity contribution in [2.24, 2.45) is 0 Å². The summed E-state index contributed by atoms with van der Waals surface area (Å²) in [5.41, 5.74) is 1.73. The minimum atomic E-state index is -1.04. The minimum Gasteiger partial charge on any atom is -0.477 e. The monoisotopic (exact) mass is 246 g/mol. The molecule has 94 valence electrons. The number of aromatic carboxylic acids is 1. The summed E-state index contributed by atoms with van der Waals surface area (Å²) in [5, 5.41) is 8.96. The van der Waals surface area contributed by atoms with Gasteiger partial charge in [-0.05, 0) is 24.6 Å². The number of carbonyl (C=O) groups is 1. The molecule has 0 aromatic carbocycles. The summed E-state index contributed by atoms with van der Waals surface area (Å²) < 4.78 is 0. The molecule has 18 heavy (non-hydrogen) atoms. The Bertz CT molecular complexity index is 551. The van der Waals surface area contributed by atoms with Crippen LogP contribution in [0.1, 0.15) is 21.7 Å². The van der Waals surface area contributed by atoms with E-state index in [0.717, 1.165) is 5.56 Å². The van der Waals surface area contributed by atoms with Crippen molar-refractivity contribution >= 4 is 11.9 Å². The van der Waals surface area contributed by atoms with E-state index in [1.165, 1.54) is 6.07 Å². The molecule has 0 aliphatic carbocycles. The highest BCUT2D eigenvalue weighted by molar-refractivity contribution is 5.85. The Morgan fingerprint density at radius 2 is 2.28 bits per heavy atom. The third-order valence-corrected chi connectivity index (χ3v) is 2.49. The van der Waals surface area contributed by atoms with Gasteiger partial charge in [-0.2, -0.15) is 0 Å². The first-order valence-electron chi connectivity index (χ1n) is 5.48. The quantitative estimate of drug-likeness (QED) is 0.853. The van der Waals surface area contributed by atoms with Gasteiger partial charge in [-0.3, -0.25) is 0 Å². The van der Waals surface area contributed by atoms with Gasteiger partial charge >= 0.3 is 5.97 Å². The number of hydrogen-bond acceptors (Lipinski definition) is 4. The molecule has 0 saturated heterocycles. The lowest BCUT2D eigenvalue weighted by atomic mass is 10.3. The van der Waals surface area contributed by atoms with Gasteiger partial charge in [-0.1, -0.05) is 0 Å². The van der Waals surface area contributed by atoms with Gasteiger partial charge in [-0.15, -0.1) is 0 Å². The van der Waals surface area contributed by atoms with Gasteiger partial charge in [-0.25, -0.2) is 14.8 Å². The number of hydrogen-bond donors (Lipinski definition) is 2. The van der Waals surface area contributed by atoms with E-state index in [1.54, 1.807) is 6.92 Å². The Morgan fingerprint density at radius 1 is 1.50 bits per heavy atom. The fourth-order valence-electron chi connectivity index (χ4n) is 1.63. The number of anilines is 1. The summed E-state index contributed by atoms with van der Waals surface area (Å²) in [6, 6.07) is 3.40. The van der Waals surface area contributed by atoms with Gasteiger partial charge in [0.05, 0.1) is 0 Å². The van der Waals surface area contributed by atoms with Crippen molar-refractivity contribution in [1.82, 2.24) is 15.0 Å². The molecule has 2 heterocycles. The van der Waals surface area contributed by atoms with Crippen molar-refractivity contribution in [3.05, 3.63) is 41.5 Å². The molecule has 2 rings (SSSR count). The number of nitrogens with zero attached hydrogens (tertiary/aromatic N) is 3. The van der Waals surface area contributed by atoms with E-state index in [9.17, 15) is 4.79 Å². The highest BCUT2D eigenvalue weighted by atomic mass is 16.4. The van der Waals surface area contributed by atoms with E-state index in [2.05, 4.69) is 15.0 Å². The van der Waals surface area contributed by atoms with Crippen LogP contribution in [-0.2, 0) is 6.54 Å². The SMILES string of the molecule is Cc1cc(C(=O)O)nc(N(C)Cc2cc[nH]c2)n1. The fourth-order valence-corrected chi connectivity index (χ4v) is 1.63. The fraction of sp³-hybridized carbons (Fsp3) is 0.250. The number of carboxylic acids is 1. The molecule has 0 bridgehead atoms. The Kier molecular flexibility index (Phi) is 3.27. The van der Waals surface area contributed by atoms with Crippen molar-refractivity contribution in [1.29, 1.82) is 0 Å². The van der Waals surface area contributed by atoms with E-state index < -0.39 is 5.97 Å². The van der Waals surface area contributed by atoms with Crippen molar-refractivity contribution in [3.8, 4) is 0 Å². The lowest BCUT2D eigenvalue weighted by Gasteiger charge is -2.16. The number of carboxylic acid groups (broad SMARTS) is 1. The smallest absolute Gasteiger partial charge is 0.354 e. The zero-order chi connectivity index (χ0) is 13.1. The van der Waals surface area contributed by atoms with Gasteiger partial charge in [0.1, 0.15) is 0 Å². The highest BCUT2D eigenvalue weighted by Crippen LogP contribution is 2.12. The normalized spacial score (nSPS) is 10.3. The lowest BCUT2D eigenvalue weighted by molar-refractivity contribution is 0.0690. The number of nitrogens with one attached hydrogen (secondary N) is 1. The molecule has 6 heteroatoms. The van der Waals surface area contributed by atoms with Crippen molar-refractivity contribution in [2.75, 3.05) is 11.9 Å². The van der Waals surface area contributed by atoms with Crippen molar-refractivity contribution in [2.45, 2.75) is 13.5 Å². The van der Waals surface area contributed by atoms with Gasteiger partial charge < -0.3 is 15.0 Å². The summed E-state index contributed by atoms with van der Waals surface area (Å²) in [6.45, 7) is 2.37. The zero-order valence-electron chi connectivity index (χ0n) is 10.2. The molecular weight excluding hydrogens is 232 g/mol. The molecule has 2 aromatic rings. The first-order valence-corrected chi connectivity index (χ1v) is 5.48. The minimum absolute atomic E-state index is 0.0124. The lowest BCUT2D eigenvalue weighted by Crippen LogP contribution is -2.20. The second kappa shape index (κ2) is 4.87. The molecule has 6 nitrogen and oxygen atoms in total. The van der Waals surface area contributed by atoms with E-state index >= 15 is 0 Å². The molecule has 0 radical (unpaired) electrons. The highest BCUT2D eigenvalue weighted by Gasteiger charge is 2.12. The first kappa shape index (κ1) is 12.1. The van der Waals surface area contributed by atoms with Crippen molar-refractivity contribution in [3.63, 3.8) is 0 Å². The van der Waals surface area contributed by atoms with Crippen LogP contribution in [0.2, 0.25) is 0 Å². The Labute approximate surface area is 104 Å². The number of rotatable bonds is 4. The summed E-state index contributed by atoms with van der Waals surface area (Å²) in [7, 11) is 1.83. The molecule has 0 spiro atoms. The van der Waals surface area contributed by atoms with Crippen LogP contribution in [0.3, 0.4) is 0 Å². The van der Waals surface area contributed by atoms with Crippen LogP contribution in [0.25, 0.3) is 0 Å². The van der Waals surface area contributed by atoms with E-state index in [1.807, 2.05) is 30.4 Å². The van der Waals surface area contributed by atoms with Gasteiger partial charge in [0.2, 0.25) is 5.95 Å². The Balaban J connectivity index is 2.24. The van der Waals surface area contributed by atoms with Crippen LogP contribution in [0.5, 0.6) is 0 Å². The standard InChI is InChI=1S/C12H14N4O2/c1-8-5-10(11(17)18)15-12(14-8)16(2)7-9-3-4-13-6-9/h3-6,13H,7H2,1-2H3,(H,17,18). The van der Waals surface area contributed by atoms with Crippen LogP contribution < -0.4 is 4.90 Å². The van der Waals surface area contributed by atoms with Crippen LogP contribution in [-0.4, -0.2) is 33.1 Å². The molecule has 0 saturated carbocycles. The molecule has 0 atom stereocenters. The molecule has 0 aliphatic heterocycles. The average Bonchev–Trinajstić information content (AvgIpc) is 2.80. The molecule has 0 aliphatic rings. The summed E-state index contributed by atoms with van der Waals surface area (Å²) in [5.74, 6) is -0.634. The average molecular weight is 246 g/mol. The van der Waals surface area contributed by atoms with Crippen LogP contribution >= 0.6 is 0 Å². The molecule has 2 aromatic heterocycles. The molecule has 0 amide bonds. The van der Waals surface area contributed by atoms with E-state index in [0.29, 0.717) is 18.2 Å². The molecule has 0 fully saturated rings. The second-order valence-electron chi connectivity index (χ2n) is 4.08. The predicted molar refractivity (Wildman–Crippen MR) is 66.6 cm³/mol. The van der Waals surface area contributed by atoms with E-state index in [-0.39, 0.29) is 5.69 Å². The van der Waals surface area contributed by atoms with E-state index in [4.69, 9.17) is 5.11 Å². The number of aromatic nitrogens is 3. The third kappa shape index (κ3) is 2.65. The largest absolute Gasteiger partial charge is 0.477 e. The van der Waals surface area contributed by atoms with Gasteiger partial charge in [0.25, 0.3) is 0 Å². The Hall–Kier alpha value is -2.37. The first-order chi connectivity index (χ1) is 8.56. The van der Waals surface area contributed by atoms with Crippen molar-refractivity contribution < 1.29 is 9.90 Å². The maximum absolute atomic E-state index is 10.9.